The topological polar surface area (TPSA) is 58.6 Å². The van der Waals surface area contributed by atoms with Crippen molar-refractivity contribution in [3.8, 4) is 0 Å². The molecule has 2 N–H and O–H groups in total. The molecular formula is C17H33NO3. The first-order chi connectivity index (χ1) is 10.1. The van der Waals surface area contributed by atoms with Crippen molar-refractivity contribution in [3.63, 3.8) is 0 Å². The van der Waals surface area contributed by atoms with Crippen LogP contribution < -0.4 is 5.32 Å². The van der Waals surface area contributed by atoms with Crippen LogP contribution in [0.3, 0.4) is 0 Å². The van der Waals surface area contributed by atoms with Gasteiger partial charge in [-0.1, -0.05) is 40.0 Å². The zero-order chi connectivity index (χ0) is 15.7. The number of hydrogen-bond donors (Lipinski definition) is 2. The standard InChI is InChI=1S/C17H33NO3/c1-4-7-8-14(6-3)12-21-13-17(16(19)20,15-9-10-15)18-11-5-2/h14-15,18H,4-13H2,1-3H3,(H,19,20). The van der Waals surface area contributed by atoms with Crippen LogP contribution in [0.4, 0.5) is 0 Å². The Morgan fingerprint density at radius 1 is 1.33 bits per heavy atom. The van der Waals surface area contributed by atoms with Gasteiger partial charge in [0.2, 0.25) is 0 Å². The highest BCUT2D eigenvalue weighted by Gasteiger charge is 2.51. The van der Waals surface area contributed by atoms with Crippen LogP contribution >= 0.6 is 0 Å². The Kier molecular flexibility index (Phi) is 8.27. The van der Waals surface area contributed by atoms with E-state index in [0.29, 0.717) is 19.1 Å². The van der Waals surface area contributed by atoms with Gasteiger partial charge in [-0.25, -0.2) is 0 Å². The minimum atomic E-state index is -0.862. The summed E-state index contributed by atoms with van der Waals surface area (Å²) in [6, 6.07) is 0. The van der Waals surface area contributed by atoms with Crippen LogP contribution in [0.25, 0.3) is 0 Å². The Balaban J connectivity index is 2.50. The third-order valence-corrected chi connectivity index (χ3v) is 4.57. The Morgan fingerprint density at radius 2 is 2.05 bits per heavy atom. The van der Waals surface area contributed by atoms with Gasteiger partial charge in [-0.2, -0.15) is 0 Å². The lowest BCUT2D eigenvalue weighted by Gasteiger charge is -2.31. The molecule has 0 amide bonds. The summed E-state index contributed by atoms with van der Waals surface area (Å²) in [5.41, 5.74) is -0.862. The van der Waals surface area contributed by atoms with Crippen molar-refractivity contribution in [3.05, 3.63) is 0 Å². The van der Waals surface area contributed by atoms with Gasteiger partial charge in [-0.15, -0.1) is 0 Å². The minimum Gasteiger partial charge on any atom is -0.480 e. The first kappa shape index (κ1) is 18.4. The summed E-state index contributed by atoms with van der Waals surface area (Å²) in [7, 11) is 0. The predicted octanol–water partition coefficient (Wildman–Crippen LogP) is 3.45. The predicted molar refractivity (Wildman–Crippen MR) is 85.5 cm³/mol. The summed E-state index contributed by atoms with van der Waals surface area (Å²) in [6.07, 6.45) is 7.65. The maximum absolute atomic E-state index is 11.8. The molecule has 2 atom stereocenters. The maximum atomic E-state index is 11.8. The first-order valence-electron chi connectivity index (χ1n) is 8.66. The minimum absolute atomic E-state index is 0.234. The van der Waals surface area contributed by atoms with Crippen molar-refractivity contribution in [1.82, 2.24) is 5.32 Å². The van der Waals surface area contributed by atoms with E-state index in [1.165, 1.54) is 19.3 Å². The number of carbonyl (C=O) groups is 1. The second kappa shape index (κ2) is 9.42. The Morgan fingerprint density at radius 3 is 2.52 bits per heavy atom. The van der Waals surface area contributed by atoms with Crippen molar-refractivity contribution in [1.29, 1.82) is 0 Å². The van der Waals surface area contributed by atoms with Gasteiger partial charge >= 0.3 is 5.97 Å². The number of ether oxygens (including phenoxy) is 1. The Hall–Kier alpha value is -0.610. The van der Waals surface area contributed by atoms with Crippen molar-refractivity contribution < 1.29 is 14.6 Å². The fraction of sp³-hybridized carbons (Fsp3) is 0.941. The maximum Gasteiger partial charge on any atom is 0.326 e. The van der Waals surface area contributed by atoms with E-state index in [-0.39, 0.29) is 5.92 Å². The molecule has 0 saturated heterocycles. The van der Waals surface area contributed by atoms with Gasteiger partial charge in [0.25, 0.3) is 0 Å². The number of carboxylic acid groups (broad SMARTS) is 1. The third kappa shape index (κ3) is 5.59. The zero-order valence-electron chi connectivity index (χ0n) is 14.0. The average molecular weight is 299 g/mol. The van der Waals surface area contributed by atoms with E-state index in [2.05, 4.69) is 26.1 Å². The summed E-state index contributed by atoms with van der Waals surface area (Å²) in [5, 5.41) is 12.9. The molecule has 1 aliphatic rings. The molecule has 0 aromatic carbocycles. The molecule has 1 aliphatic carbocycles. The number of carboxylic acids is 1. The molecule has 2 unspecified atom stereocenters. The average Bonchev–Trinajstić information content (AvgIpc) is 3.30. The molecule has 0 aliphatic heterocycles. The summed E-state index contributed by atoms with van der Waals surface area (Å²) in [4.78, 5) is 11.8. The monoisotopic (exact) mass is 299 g/mol. The molecule has 0 bridgehead atoms. The second-order valence-corrected chi connectivity index (χ2v) is 6.41. The van der Waals surface area contributed by atoms with Gasteiger partial charge in [0, 0.05) is 6.61 Å². The Bertz CT molecular complexity index is 304. The summed E-state index contributed by atoms with van der Waals surface area (Å²) in [6.45, 7) is 8.17. The quantitative estimate of drug-likeness (QED) is 0.547. The zero-order valence-corrected chi connectivity index (χ0v) is 14.0. The molecule has 0 aromatic rings. The van der Waals surface area contributed by atoms with Gasteiger partial charge in [0.15, 0.2) is 0 Å². The molecule has 1 saturated carbocycles. The summed E-state index contributed by atoms with van der Waals surface area (Å²) < 4.78 is 5.87. The second-order valence-electron chi connectivity index (χ2n) is 6.41. The van der Waals surface area contributed by atoms with Crippen molar-refractivity contribution >= 4 is 5.97 Å². The molecule has 1 fully saturated rings. The lowest BCUT2D eigenvalue weighted by Crippen LogP contribution is -2.58. The fourth-order valence-electron chi connectivity index (χ4n) is 2.83. The number of rotatable bonds is 13. The highest BCUT2D eigenvalue weighted by atomic mass is 16.5. The lowest BCUT2D eigenvalue weighted by atomic mass is 9.93. The van der Waals surface area contributed by atoms with Gasteiger partial charge < -0.3 is 9.84 Å². The van der Waals surface area contributed by atoms with Crippen LogP contribution in [-0.4, -0.2) is 36.4 Å². The molecule has 0 aromatic heterocycles. The smallest absolute Gasteiger partial charge is 0.326 e. The Labute approximate surface area is 129 Å². The number of hydrogen-bond acceptors (Lipinski definition) is 3. The normalized spacial score (nSPS) is 19.2. The van der Waals surface area contributed by atoms with Crippen LogP contribution in [0.1, 0.15) is 65.7 Å². The highest BCUT2D eigenvalue weighted by molar-refractivity contribution is 5.80. The van der Waals surface area contributed by atoms with Crippen molar-refractivity contribution in [2.75, 3.05) is 19.8 Å². The number of unbranched alkanes of at least 4 members (excludes halogenated alkanes) is 1. The van der Waals surface area contributed by atoms with Crippen molar-refractivity contribution in [2.24, 2.45) is 11.8 Å². The fourth-order valence-corrected chi connectivity index (χ4v) is 2.83. The van der Waals surface area contributed by atoms with Crippen molar-refractivity contribution in [2.45, 2.75) is 71.3 Å². The molecule has 1 rings (SSSR count). The van der Waals surface area contributed by atoms with E-state index in [0.717, 1.165) is 32.2 Å². The van der Waals surface area contributed by atoms with E-state index in [1.807, 2.05) is 0 Å². The van der Waals surface area contributed by atoms with Crippen LogP contribution in [-0.2, 0) is 9.53 Å². The van der Waals surface area contributed by atoms with Gasteiger partial charge in [0.1, 0.15) is 5.54 Å². The largest absolute Gasteiger partial charge is 0.480 e. The molecule has 0 heterocycles. The highest BCUT2D eigenvalue weighted by Crippen LogP contribution is 2.40. The van der Waals surface area contributed by atoms with Crippen LogP contribution in [0.15, 0.2) is 0 Å². The van der Waals surface area contributed by atoms with E-state index < -0.39 is 11.5 Å². The summed E-state index contributed by atoms with van der Waals surface area (Å²) in [5.74, 6) is 0.0409. The molecule has 124 valence electrons. The molecule has 21 heavy (non-hydrogen) atoms. The van der Waals surface area contributed by atoms with Crippen LogP contribution in [0.5, 0.6) is 0 Å². The molecular weight excluding hydrogens is 266 g/mol. The number of aliphatic carboxylic acids is 1. The third-order valence-electron chi connectivity index (χ3n) is 4.57. The summed E-state index contributed by atoms with van der Waals surface area (Å²) >= 11 is 0. The number of nitrogens with one attached hydrogen (secondary N) is 1. The molecule has 4 heteroatoms. The van der Waals surface area contributed by atoms with E-state index >= 15 is 0 Å². The van der Waals surface area contributed by atoms with Crippen LogP contribution in [0.2, 0.25) is 0 Å². The van der Waals surface area contributed by atoms with Gasteiger partial charge in [-0.05, 0) is 44.1 Å². The SMILES string of the molecule is CCCCC(CC)COCC(NCCC)(C(=O)O)C1CC1. The molecule has 4 nitrogen and oxygen atoms in total. The lowest BCUT2D eigenvalue weighted by molar-refractivity contribution is -0.149. The van der Waals surface area contributed by atoms with E-state index in [9.17, 15) is 9.90 Å². The van der Waals surface area contributed by atoms with E-state index in [4.69, 9.17) is 4.74 Å². The van der Waals surface area contributed by atoms with Gasteiger partial charge in [-0.3, -0.25) is 10.1 Å². The molecule has 0 radical (unpaired) electrons. The van der Waals surface area contributed by atoms with Crippen LogP contribution in [0, 0.1) is 11.8 Å². The molecule has 0 spiro atoms. The van der Waals surface area contributed by atoms with E-state index in [1.54, 1.807) is 0 Å². The van der Waals surface area contributed by atoms with Gasteiger partial charge in [0.05, 0.1) is 6.61 Å². The first-order valence-corrected chi connectivity index (χ1v) is 8.66.